The maximum absolute atomic E-state index is 12.4. The second-order valence-corrected chi connectivity index (χ2v) is 5.98. The molecule has 0 bridgehead atoms. The molecule has 1 aromatic rings. The lowest BCUT2D eigenvalue weighted by Crippen LogP contribution is -2.59. The summed E-state index contributed by atoms with van der Waals surface area (Å²) in [5, 5.41) is 0. The summed E-state index contributed by atoms with van der Waals surface area (Å²) in [6.45, 7) is 1.89. The van der Waals surface area contributed by atoms with Crippen LogP contribution >= 0.6 is 0 Å². The summed E-state index contributed by atoms with van der Waals surface area (Å²) in [6, 6.07) is 8.90. The molecule has 24 heavy (non-hydrogen) atoms. The molecule has 2 rings (SSSR count). The normalized spacial score (nSPS) is 19.1. The lowest BCUT2D eigenvalue weighted by Gasteiger charge is -2.39. The molecule has 0 aliphatic carbocycles. The van der Waals surface area contributed by atoms with Crippen molar-refractivity contribution in [3.05, 3.63) is 35.9 Å². The zero-order chi connectivity index (χ0) is 17.7. The molecule has 0 N–H and O–H groups in total. The molecule has 7 heteroatoms. The van der Waals surface area contributed by atoms with Crippen LogP contribution in [0.25, 0.3) is 0 Å². The number of amides is 2. The van der Waals surface area contributed by atoms with Crippen molar-refractivity contribution >= 4 is 11.8 Å². The van der Waals surface area contributed by atoms with Gasteiger partial charge < -0.3 is 9.80 Å². The number of carbonyl (C=O) groups is 2. The molecule has 132 valence electrons. The molecule has 1 atom stereocenters. The Bertz CT molecular complexity index is 575. The zero-order valence-corrected chi connectivity index (χ0v) is 13.6. The first-order chi connectivity index (χ1) is 11.3. The number of hydrogen-bond donors (Lipinski definition) is 0. The van der Waals surface area contributed by atoms with E-state index in [1.165, 1.54) is 9.80 Å². The van der Waals surface area contributed by atoms with E-state index in [9.17, 15) is 22.8 Å². The SMILES string of the molecule is C[C@H]1C(=O)N(CCc2ccccc2)CC(=O)N1CCCC(F)(F)F. The van der Waals surface area contributed by atoms with Crippen LogP contribution in [-0.2, 0) is 16.0 Å². The van der Waals surface area contributed by atoms with Crippen molar-refractivity contribution in [1.82, 2.24) is 9.80 Å². The van der Waals surface area contributed by atoms with Gasteiger partial charge in [-0.05, 0) is 25.3 Å². The molecule has 4 nitrogen and oxygen atoms in total. The third-order valence-electron chi connectivity index (χ3n) is 4.16. The van der Waals surface area contributed by atoms with Gasteiger partial charge in [0.1, 0.15) is 6.04 Å². The maximum atomic E-state index is 12.4. The number of halogens is 3. The second kappa shape index (κ2) is 7.68. The maximum Gasteiger partial charge on any atom is 0.389 e. The van der Waals surface area contributed by atoms with E-state index in [1.807, 2.05) is 30.3 Å². The molecule has 1 aliphatic rings. The Hall–Kier alpha value is -2.05. The van der Waals surface area contributed by atoms with Gasteiger partial charge in [0.25, 0.3) is 0 Å². The summed E-state index contributed by atoms with van der Waals surface area (Å²) in [5.74, 6) is -0.505. The van der Waals surface area contributed by atoms with Crippen molar-refractivity contribution in [3.63, 3.8) is 0 Å². The molecule has 0 saturated carbocycles. The predicted molar refractivity (Wildman–Crippen MR) is 83.2 cm³/mol. The van der Waals surface area contributed by atoms with Crippen LogP contribution in [0, 0.1) is 0 Å². The van der Waals surface area contributed by atoms with Crippen LogP contribution in [-0.4, -0.2) is 53.5 Å². The van der Waals surface area contributed by atoms with E-state index < -0.39 is 18.6 Å². The topological polar surface area (TPSA) is 40.6 Å². The zero-order valence-electron chi connectivity index (χ0n) is 13.6. The molecular formula is C17H21F3N2O2. The summed E-state index contributed by atoms with van der Waals surface area (Å²) in [7, 11) is 0. The Morgan fingerprint density at radius 1 is 1.12 bits per heavy atom. The molecule has 1 heterocycles. The molecule has 0 unspecified atom stereocenters. The summed E-state index contributed by atoms with van der Waals surface area (Å²) in [4.78, 5) is 27.3. The molecule has 0 spiro atoms. The van der Waals surface area contributed by atoms with Crippen LogP contribution in [0.4, 0.5) is 13.2 Å². The first-order valence-electron chi connectivity index (χ1n) is 7.97. The Labute approximate surface area is 139 Å². The van der Waals surface area contributed by atoms with Crippen molar-refractivity contribution in [3.8, 4) is 0 Å². The van der Waals surface area contributed by atoms with Crippen molar-refractivity contribution in [2.45, 2.75) is 38.4 Å². The highest BCUT2D eigenvalue weighted by Crippen LogP contribution is 2.22. The number of piperazine rings is 1. The van der Waals surface area contributed by atoms with Crippen LogP contribution in [0.2, 0.25) is 0 Å². The van der Waals surface area contributed by atoms with Gasteiger partial charge in [0, 0.05) is 19.5 Å². The summed E-state index contributed by atoms with van der Waals surface area (Å²) in [5.41, 5.74) is 1.07. The molecule has 1 aliphatic heterocycles. The minimum atomic E-state index is -4.24. The third kappa shape index (κ3) is 4.97. The van der Waals surface area contributed by atoms with E-state index in [1.54, 1.807) is 6.92 Å². The molecular weight excluding hydrogens is 321 g/mol. The molecule has 1 fully saturated rings. The molecule has 0 radical (unpaired) electrons. The minimum Gasteiger partial charge on any atom is -0.331 e. The van der Waals surface area contributed by atoms with Gasteiger partial charge in [-0.3, -0.25) is 9.59 Å². The molecule has 1 aromatic carbocycles. The van der Waals surface area contributed by atoms with E-state index in [-0.39, 0.29) is 31.3 Å². The fourth-order valence-corrected chi connectivity index (χ4v) is 2.81. The average Bonchev–Trinajstić information content (AvgIpc) is 2.53. The lowest BCUT2D eigenvalue weighted by atomic mass is 10.1. The first-order valence-corrected chi connectivity index (χ1v) is 7.97. The number of nitrogens with zero attached hydrogens (tertiary/aromatic N) is 2. The highest BCUT2D eigenvalue weighted by molar-refractivity contribution is 5.94. The van der Waals surface area contributed by atoms with Crippen molar-refractivity contribution in [1.29, 1.82) is 0 Å². The van der Waals surface area contributed by atoms with Crippen LogP contribution < -0.4 is 0 Å². The minimum absolute atomic E-state index is 0.0439. The lowest BCUT2D eigenvalue weighted by molar-refractivity contribution is -0.156. The van der Waals surface area contributed by atoms with Crippen molar-refractivity contribution < 1.29 is 22.8 Å². The Morgan fingerprint density at radius 3 is 2.42 bits per heavy atom. The van der Waals surface area contributed by atoms with E-state index in [0.29, 0.717) is 13.0 Å². The fraction of sp³-hybridized carbons (Fsp3) is 0.529. The van der Waals surface area contributed by atoms with E-state index in [2.05, 4.69) is 0 Å². The Morgan fingerprint density at radius 2 is 1.79 bits per heavy atom. The van der Waals surface area contributed by atoms with E-state index in [4.69, 9.17) is 0 Å². The summed E-state index contributed by atoms with van der Waals surface area (Å²) >= 11 is 0. The van der Waals surface area contributed by atoms with E-state index >= 15 is 0 Å². The van der Waals surface area contributed by atoms with Crippen molar-refractivity contribution in [2.24, 2.45) is 0 Å². The Kier molecular flexibility index (Phi) is 5.85. The van der Waals surface area contributed by atoms with Crippen LogP contribution in [0.3, 0.4) is 0 Å². The smallest absolute Gasteiger partial charge is 0.331 e. The van der Waals surface area contributed by atoms with Gasteiger partial charge in [0.15, 0.2) is 0 Å². The number of carbonyl (C=O) groups excluding carboxylic acids is 2. The van der Waals surface area contributed by atoms with Crippen LogP contribution in [0.1, 0.15) is 25.3 Å². The van der Waals surface area contributed by atoms with Crippen LogP contribution in [0.5, 0.6) is 0 Å². The number of alkyl halides is 3. The number of benzene rings is 1. The predicted octanol–water partition coefficient (Wildman–Crippen LogP) is 2.63. The van der Waals surface area contributed by atoms with Gasteiger partial charge in [0.05, 0.1) is 6.54 Å². The van der Waals surface area contributed by atoms with Gasteiger partial charge in [0.2, 0.25) is 11.8 Å². The Balaban J connectivity index is 1.89. The highest BCUT2D eigenvalue weighted by atomic mass is 19.4. The van der Waals surface area contributed by atoms with Crippen LogP contribution in [0.15, 0.2) is 30.3 Å². The molecule has 0 aromatic heterocycles. The van der Waals surface area contributed by atoms with Crippen molar-refractivity contribution in [2.75, 3.05) is 19.6 Å². The average molecular weight is 342 g/mol. The highest BCUT2D eigenvalue weighted by Gasteiger charge is 2.36. The van der Waals surface area contributed by atoms with Gasteiger partial charge >= 0.3 is 6.18 Å². The summed E-state index contributed by atoms with van der Waals surface area (Å²) < 4.78 is 36.7. The van der Waals surface area contributed by atoms with E-state index in [0.717, 1.165) is 5.56 Å². The van der Waals surface area contributed by atoms with Gasteiger partial charge in [-0.15, -0.1) is 0 Å². The molecule has 2 amide bonds. The van der Waals surface area contributed by atoms with Gasteiger partial charge in [-0.25, -0.2) is 0 Å². The standard InChI is InChI=1S/C17H21F3N2O2/c1-13-16(24)21(11-8-14-6-3-2-4-7-14)12-15(23)22(13)10-5-9-17(18,19)20/h2-4,6-7,13H,5,8-12H2,1H3/t13-/m0/s1. The fourth-order valence-electron chi connectivity index (χ4n) is 2.81. The largest absolute Gasteiger partial charge is 0.389 e. The molecule has 1 saturated heterocycles. The quantitative estimate of drug-likeness (QED) is 0.797. The monoisotopic (exact) mass is 342 g/mol. The number of rotatable bonds is 6. The van der Waals surface area contributed by atoms with Gasteiger partial charge in [-0.2, -0.15) is 13.2 Å². The van der Waals surface area contributed by atoms with Gasteiger partial charge in [-0.1, -0.05) is 30.3 Å². The second-order valence-electron chi connectivity index (χ2n) is 5.98. The summed E-state index contributed by atoms with van der Waals surface area (Å²) in [6.07, 6.45) is -4.74. The number of hydrogen-bond acceptors (Lipinski definition) is 2. The third-order valence-corrected chi connectivity index (χ3v) is 4.16. The first kappa shape index (κ1) is 18.3.